The fourth-order valence-corrected chi connectivity index (χ4v) is 2.86. The van der Waals surface area contributed by atoms with Crippen LogP contribution in [0, 0.1) is 0 Å². The molecule has 1 atom stereocenters. The first-order chi connectivity index (χ1) is 10.5. The first kappa shape index (κ1) is 20.2. The van der Waals surface area contributed by atoms with E-state index in [2.05, 4.69) is 17.1 Å². The third kappa shape index (κ3) is 8.02. The lowest BCUT2D eigenvalue weighted by Crippen LogP contribution is -2.51. The van der Waals surface area contributed by atoms with Crippen LogP contribution < -0.4 is 5.32 Å². The summed E-state index contributed by atoms with van der Waals surface area (Å²) in [6, 6.07) is 0.438. The number of nitrogens with one attached hydrogen (secondary N) is 1. The van der Waals surface area contributed by atoms with E-state index < -0.39 is 5.60 Å². The van der Waals surface area contributed by atoms with Gasteiger partial charge in [-0.3, -0.25) is 0 Å². The molecular weight excluding hydrogens is 290 g/mol. The summed E-state index contributed by atoms with van der Waals surface area (Å²) in [5.74, 6) is 0. The number of rotatable bonds is 6. The van der Waals surface area contributed by atoms with Crippen LogP contribution in [0.3, 0.4) is 0 Å². The van der Waals surface area contributed by atoms with Gasteiger partial charge in [0.15, 0.2) is 0 Å². The van der Waals surface area contributed by atoms with Crippen molar-refractivity contribution in [2.75, 3.05) is 32.7 Å². The standard InChI is InChI=1S/C18H37N3O2/c1-15(14-20-11-8-9-12-20)19-10-13-21(17(2,3)4)16(22)23-18(5,6)7/h15,19H,8-14H2,1-7H3. The van der Waals surface area contributed by atoms with Gasteiger partial charge >= 0.3 is 6.09 Å². The Balaban J connectivity index is 2.43. The summed E-state index contributed by atoms with van der Waals surface area (Å²) in [5.41, 5.74) is -0.709. The van der Waals surface area contributed by atoms with Gasteiger partial charge in [0, 0.05) is 31.2 Å². The molecule has 0 aromatic carbocycles. The van der Waals surface area contributed by atoms with E-state index in [9.17, 15) is 4.79 Å². The highest BCUT2D eigenvalue weighted by molar-refractivity contribution is 5.69. The average Bonchev–Trinajstić information content (AvgIpc) is 2.83. The minimum absolute atomic E-state index is 0.237. The number of hydrogen-bond donors (Lipinski definition) is 1. The molecule has 1 heterocycles. The number of carbonyl (C=O) groups is 1. The lowest BCUT2D eigenvalue weighted by molar-refractivity contribution is 0.00644. The van der Waals surface area contributed by atoms with E-state index in [1.54, 1.807) is 0 Å². The van der Waals surface area contributed by atoms with Crippen LogP contribution in [0.1, 0.15) is 61.3 Å². The lowest BCUT2D eigenvalue weighted by Gasteiger charge is -2.37. The van der Waals surface area contributed by atoms with E-state index in [4.69, 9.17) is 4.74 Å². The van der Waals surface area contributed by atoms with E-state index in [1.165, 1.54) is 25.9 Å². The van der Waals surface area contributed by atoms with Crippen LogP contribution in [0.5, 0.6) is 0 Å². The van der Waals surface area contributed by atoms with Crippen LogP contribution >= 0.6 is 0 Å². The maximum atomic E-state index is 12.4. The Bertz CT molecular complexity index is 365. The molecular formula is C18H37N3O2. The third-order valence-electron chi connectivity index (χ3n) is 3.98. The molecule has 1 rings (SSSR count). The molecule has 1 aliphatic rings. The minimum atomic E-state index is -0.461. The van der Waals surface area contributed by atoms with Gasteiger partial charge < -0.3 is 19.9 Å². The van der Waals surface area contributed by atoms with E-state index in [-0.39, 0.29) is 11.6 Å². The van der Waals surface area contributed by atoms with Crippen molar-refractivity contribution in [3.8, 4) is 0 Å². The third-order valence-corrected chi connectivity index (χ3v) is 3.98. The maximum Gasteiger partial charge on any atom is 0.410 e. The molecule has 136 valence electrons. The minimum Gasteiger partial charge on any atom is -0.444 e. The van der Waals surface area contributed by atoms with Gasteiger partial charge in [-0.05, 0) is 74.4 Å². The number of likely N-dealkylation sites (tertiary alicyclic amines) is 1. The summed E-state index contributed by atoms with van der Waals surface area (Å²) < 4.78 is 5.54. The molecule has 1 N–H and O–H groups in total. The van der Waals surface area contributed by atoms with Gasteiger partial charge in [-0.1, -0.05) is 0 Å². The monoisotopic (exact) mass is 327 g/mol. The van der Waals surface area contributed by atoms with Gasteiger partial charge in [0.2, 0.25) is 0 Å². The molecule has 1 amide bonds. The van der Waals surface area contributed by atoms with Crippen molar-refractivity contribution < 1.29 is 9.53 Å². The number of hydrogen-bond acceptors (Lipinski definition) is 4. The fraction of sp³-hybridized carbons (Fsp3) is 0.944. The van der Waals surface area contributed by atoms with E-state index >= 15 is 0 Å². The van der Waals surface area contributed by atoms with Crippen LogP contribution in [0.15, 0.2) is 0 Å². The maximum absolute atomic E-state index is 12.4. The molecule has 0 saturated carbocycles. The molecule has 0 aromatic heterocycles. The number of amides is 1. The van der Waals surface area contributed by atoms with Gasteiger partial charge in [0.05, 0.1) is 0 Å². The first-order valence-corrected chi connectivity index (χ1v) is 8.95. The molecule has 23 heavy (non-hydrogen) atoms. The van der Waals surface area contributed by atoms with Gasteiger partial charge in [-0.15, -0.1) is 0 Å². The Morgan fingerprint density at radius 3 is 2.22 bits per heavy atom. The fourth-order valence-electron chi connectivity index (χ4n) is 2.86. The van der Waals surface area contributed by atoms with E-state index in [1.807, 2.05) is 46.4 Å². The van der Waals surface area contributed by atoms with E-state index in [0.717, 1.165) is 13.1 Å². The van der Waals surface area contributed by atoms with Gasteiger partial charge in [-0.2, -0.15) is 0 Å². The normalized spacial score (nSPS) is 18.0. The Morgan fingerprint density at radius 1 is 1.17 bits per heavy atom. The SMILES string of the molecule is CC(CN1CCCC1)NCCN(C(=O)OC(C)(C)C)C(C)(C)C. The molecule has 1 aliphatic heterocycles. The van der Waals surface area contributed by atoms with Crippen LogP contribution in [0.2, 0.25) is 0 Å². The van der Waals surface area contributed by atoms with Crippen molar-refractivity contribution in [1.82, 2.24) is 15.1 Å². The number of nitrogens with zero attached hydrogens (tertiary/aromatic N) is 2. The second kappa shape index (κ2) is 8.34. The highest BCUT2D eigenvalue weighted by atomic mass is 16.6. The van der Waals surface area contributed by atoms with Crippen molar-refractivity contribution in [2.45, 2.75) is 78.5 Å². The number of carbonyl (C=O) groups excluding carboxylic acids is 1. The Kier molecular flexibility index (Phi) is 7.33. The molecule has 0 spiro atoms. The zero-order chi connectivity index (χ0) is 17.7. The Labute approximate surface area is 142 Å². The molecule has 0 aromatic rings. The lowest BCUT2D eigenvalue weighted by atomic mass is 10.1. The van der Waals surface area contributed by atoms with Gasteiger partial charge in [0.25, 0.3) is 0 Å². The first-order valence-electron chi connectivity index (χ1n) is 8.95. The summed E-state index contributed by atoms with van der Waals surface area (Å²) in [7, 11) is 0. The Hall–Kier alpha value is -0.810. The summed E-state index contributed by atoms with van der Waals surface area (Å²) in [4.78, 5) is 16.7. The molecule has 0 bridgehead atoms. The summed E-state index contributed by atoms with van der Waals surface area (Å²) in [6.45, 7) is 19.0. The second-order valence-electron chi connectivity index (χ2n) is 8.67. The van der Waals surface area contributed by atoms with Crippen molar-refractivity contribution in [1.29, 1.82) is 0 Å². The highest BCUT2D eigenvalue weighted by Gasteiger charge is 2.30. The molecule has 5 nitrogen and oxygen atoms in total. The summed E-state index contributed by atoms with van der Waals surface area (Å²) in [5, 5.41) is 3.54. The number of ether oxygens (including phenoxy) is 1. The summed E-state index contributed by atoms with van der Waals surface area (Å²) >= 11 is 0. The highest BCUT2D eigenvalue weighted by Crippen LogP contribution is 2.18. The zero-order valence-corrected chi connectivity index (χ0v) is 16.2. The van der Waals surface area contributed by atoms with Crippen molar-refractivity contribution in [2.24, 2.45) is 0 Å². The van der Waals surface area contributed by atoms with Crippen LogP contribution in [0.25, 0.3) is 0 Å². The molecule has 0 radical (unpaired) electrons. The molecule has 1 unspecified atom stereocenters. The van der Waals surface area contributed by atoms with Gasteiger partial charge in [0.1, 0.15) is 5.60 Å². The predicted octanol–water partition coefficient (Wildman–Crippen LogP) is 3.10. The smallest absolute Gasteiger partial charge is 0.410 e. The van der Waals surface area contributed by atoms with Crippen LogP contribution in [-0.4, -0.2) is 65.8 Å². The zero-order valence-electron chi connectivity index (χ0n) is 16.2. The molecule has 1 saturated heterocycles. The topological polar surface area (TPSA) is 44.8 Å². The summed E-state index contributed by atoms with van der Waals surface area (Å²) in [6.07, 6.45) is 2.41. The largest absolute Gasteiger partial charge is 0.444 e. The van der Waals surface area contributed by atoms with Crippen LogP contribution in [-0.2, 0) is 4.74 Å². The van der Waals surface area contributed by atoms with Crippen molar-refractivity contribution >= 4 is 6.09 Å². The van der Waals surface area contributed by atoms with Gasteiger partial charge in [-0.25, -0.2) is 4.79 Å². The predicted molar refractivity (Wildman–Crippen MR) is 95.8 cm³/mol. The van der Waals surface area contributed by atoms with Crippen molar-refractivity contribution in [3.05, 3.63) is 0 Å². The van der Waals surface area contributed by atoms with E-state index in [0.29, 0.717) is 12.6 Å². The molecule has 0 aliphatic carbocycles. The quantitative estimate of drug-likeness (QED) is 0.814. The Morgan fingerprint density at radius 2 is 1.74 bits per heavy atom. The molecule has 1 fully saturated rings. The van der Waals surface area contributed by atoms with Crippen LogP contribution in [0.4, 0.5) is 4.79 Å². The molecule has 5 heteroatoms. The average molecular weight is 328 g/mol. The van der Waals surface area contributed by atoms with Crippen molar-refractivity contribution in [3.63, 3.8) is 0 Å². The second-order valence-corrected chi connectivity index (χ2v) is 8.67.